The molecule has 3 heterocycles. The summed E-state index contributed by atoms with van der Waals surface area (Å²) in [6.07, 6.45) is 3.91. The van der Waals surface area contributed by atoms with Crippen molar-refractivity contribution >= 4 is 17.6 Å². The quantitative estimate of drug-likeness (QED) is 0.932. The first kappa shape index (κ1) is 13.4. The zero-order valence-corrected chi connectivity index (χ0v) is 12.4. The lowest BCUT2D eigenvalue weighted by molar-refractivity contribution is -0.142. The van der Waals surface area contributed by atoms with Gasteiger partial charge in [0, 0.05) is 30.1 Å². The van der Waals surface area contributed by atoms with Crippen molar-refractivity contribution in [2.45, 2.75) is 43.9 Å². The van der Waals surface area contributed by atoms with Crippen molar-refractivity contribution in [2.75, 3.05) is 6.54 Å². The molecule has 4 unspecified atom stereocenters. The van der Waals surface area contributed by atoms with Crippen LogP contribution in [0.2, 0.25) is 5.02 Å². The van der Waals surface area contributed by atoms with Crippen LogP contribution >= 0.6 is 11.6 Å². The summed E-state index contributed by atoms with van der Waals surface area (Å²) in [5.74, 6) is 0.0855. The number of ether oxygens (including phenoxy) is 1. The Hall–Kier alpha value is -1.26. The number of hydrogen-bond acceptors (Lipinski definition) is 3. The Morgan fingerprint density at radius 2 is 2.29 bits per heavy atom. The number of carbonyl (C=O) groups is 1. The minimum absolute atomic E-state index is 0.120. The fraction of sp³-hybridized carbons (Fsp3) is 0.562. The third kappa shape index (κ3) is 2.21. The van der Waals surface area contributed by atoms with Crippen LogP contribution in [0.25, 0.3) is 0 Å². The molecule has 2 fully saturated rings. The van der Waals surface area contributed by atoms with Gasteiger partial charge in [-0.15, -0.1) is 0 Å². The topological polar surface area (TPSA) is 49.8 Å². The molecule has 3 aliphatic heterocycles. The molecule has 4 atom stereocenters. The summed E-state index contributed by atoms with van der Waals surface area (Å²) in [5.41, 5.74) is 1.16. The lowest BCUT2D eigenvalue weighted by Gasteiger charge is -2.25. The first-order valence-corrected chi connectivity index (χ1v) is 7.93. The minimum atomic E-state index is -0.644. The number of carboxylic acids is 1. The highest BCUT2D eigenvalue weighted by Crippen LogP contribution is 2.42. The molecule has 2 bridgehead atoms. The summed E-state index contributed by atoms with van der Waals surface area (Å²) in [5, 5.41) is 10.1. The number of benzene rings is 1. The third-order valence-electron chi connectivity index (χ3n) is 5.18. The third-order valence-corrected chi connectivity index (χ3v) is 5.41. The van der Waals surface area contributed by atoms with E-state index in [4.69, 9.17) is 16.3 Å². The Morgan fingerprint density at radius 3 is 3.05 bits per heavy atom. The van der Waals surface area contributed by atoms with Gasteiger partial charge < -0.3 is 9.84 Å². The highest BCUT2D eigenvalue weighted by molar-refractivity contribution is 6.30. The van der Waals surface area contributed by atoms with Crippen molar-refractivity contribution in [1.29, 1.82) is 0 Å². The first-order chi connectivity index (χ1) is 10.1. The Bertz CT molecular complexity index is 591. The summed E-state index contributed by atoms with van der Waals surface area (Å²) in [7, 11) is 0. The highest BCUT2D eigenvalue weighted by Gasteiger charge is 2.50. The van der Waals surface area contributed by atoms with E-state index in [0.717, 1.165) is 48.6 Å². The molecule has 1 N–H and O–H groups in total. The van der Waals surface area contributed by atoms with Crippen molar-refractivity contribution in [1.82, 2.24) is 4.90 Å². The van der Waals surface area contributed by atoms with Crippen molar-refractivity contribution in [3.8, 4) is 5.75 Å². The van der Waals surface area contributed by atoms with Gasteiger partial charge in [0.1, 0.15) is 11.9 Å². The monoisotopic (exact) mass is 307 g/mol. The molecule has 0 radical (unpaired) electrons. The Kier molecular flexibility index (Phi) is 3.12. The lowest BCUT2D eigenvalue weighted by Crippen LogP contribution is -2.39. The van der Waals surface area contributed by atoms with Crippen LogP contribution in [0.4, 0.5) is 0 Å². The van der Waals surface area contributed by atoms with Crippen LogP contribution in [0.3, 0.4) is 0 Å². The van der Waals surface area contributed by atoms with Gasteiger partial charge in [0.2, 0.25) is 0 Å². The molecule has 0 spiro atoms. The van der Waals surface area contributed by atoms with Gasteiger partial charge in [-0.05, 0) is 43.0 Å². The molecular weight excluding hydrogens is 290 g/mol. The molecule has 2 saturated heterocycles. The maximum Gasteiger partial charge on any atom is 0.308 e. The molecule has 21 heavy (non-hydrogen) atoms. The van der Waals surface area contributed by atoms with Gasteiger partial charge in [0.25, 0.3) is 0 Å². The van der Waals surface area contributed by atoms with Crippen LogP contribution < -0.4 is 4.74 Å². The summed E-state index contributed by atoms with van der Waals surface area (Å²) < 4.78 is 6.00. The molecule has 0 aromatic heterocycles. The van der Waals surface area contributed by atoms with Crippen molar-refractivity contribution in [3.05, 3.63) is 28.8 Å². The number of carboxylic acid groups (broad SMARTS) is 1. The summed E-state index contributed by atoms with van der Waals surface area (Å²) in [4.78, 5) is 13.7. The van der Waals surface area contributed by atoms with E-state index in [9.17, 15) is 9.90 Å². The number of rotatable bonds is 3. The highest BCUT2D eigenvalue weighted by atomic mass is 35.5. The van der Waals surface area contributed by atoms with Gasteiger partial charge in [-0.3, -0.25) is 9.69 Å². The predicted molar refractivity (Wildman–Crippen MR) is 78.8 cm³/mol. The SMILES string of the molecule is O=C(O)C1CC2CCC1N2CC1Cc2cc(Cl)ccc2O1. The zero-order valence-electron chi connectivity index (χ0n) is 11.7. The molecule has 4 nitrogen and oxygen atoms in total. The van der Waals surface area contributed by atoms with E-state index < -0.39 is 5.97 Å². The van der Waals surface area contributed by atoms with Gasteiger partial charge in [-0.2, -0.15) is 0 Å². The number of hydrogen-bond donors (Lipinski definition) is 1. The number of halogens is 1. The Labute approximate surface area is 128 Å². The summed E-state index contributed by atoms with van der Waals surface area (Å²) in [6, 6.07) is 6.37. The van der Waals surface area contributed by atoms with Crippen LogP contribution in [0.1, 0.15) is 24.8 Å². The molecule has 5 heteroatoms. The van der Waals surface area contributed by atoms with E-state index >= 15 is 0 Å². The standard InChI is InChI=1S/C16H18ClNO3/c17-10-1-4-15-9(5-10)6-12(21-15)8-18-11-2-3-14(18)13(7-11)16(19)20/h1,4-5,11-14H,2-3,6-8H2,(H,19,20). The largest absolute Gasteiger partial charge is 0.488 e. The van der Waals surface area contributed by atoms with Gasteiger partial charge >= 0.3 is 5.97 Å². The van der Waals surface area contributed by atoms with Gasteiger partial charge in [0.05, 0.1) is 5.92 Å². The van der Waals surface area contributed by atoms with Crippen LogP contribution in [-0.2, 0) is 11.2 Å². The molecule has 112 valence electrons. The van der Waals surface area contributed by atoms with Crippen molar-refractivity contribution < 1.29 is 14.6 Å². The second-order valence-electron chi connectivity index (χ2n) is 6.37. The van der Waals surface area contributed by atoms with E-state index in [1.165, 1.54) is 0 Å². The minimum Gasteiger partial charge on any atom is -0.488 e. The van der Waals surface area contributed by atoms with Crippen LogP contribution in [0.15, 0.2) is 18.2 Å². The fourth-order valence-corrected chi connectivity index (χ4v) is 4.47. The average molecular weight is 308 g/mol. The van der Waals surface area contributed by atoms with Crippen molar-refractivity contribution in [3.63, 3.8) is 0 Å². The van der Waals surface area contributed by atoms with E-state index in [1.54, 1.807) is 0 Å². The normalized spacial score (nSPS) is 34.0. The van der Waals surface area contributed by atoms with E-state index in [0.29, 0.717) is 6.04 Å². The van der Waals surface area contributed by atoms with Crippen LogP contribution in [-0.4, -0.2) is 40.7 Å². The molecule has 0 amide bonds. The number of nitrogens with zero attached hydrogens (tertiary/aromatic N) is 1. The van der Waals surface area contributed by atoms with Gasteiger partial charge in [0.15, 0.2) is 0 Å². The van der Waals surface area contributed by atoms with E-state index in [-0.39, 0.29) is 18.1 Å². The summed E-state index contributed by atoms with van der Waals surface area (Å²) in [6.45, 7) is 0.825. The predicted octanol–water partition coefficient (Wildman–Crippen LogP) is 2.58. The fourth-order valence-electron chi connectivity index (χ4n) is 4.28. The first-order valence-electron chi connectivity index (χ1n) is 7.55. The summed E-state index contributed by atoms with van der Waals surface area (Å²) >= 11 is 6.02. The van der Waals surface area contributed by atoms with E-state index in [1.807, 2.05) is 18.2 Å². The maximum atomic E-state index is 11.3. The number of fused-ring (bicyclic) bond motifs is 3. The zero-order chi connectivity index (χ0) is 14.6. The van der Waals surface area contributed by atoms with Crippen LogP contribution in [0, 0.1) is 5.92 Å². The smallest absolute Gasteiger partial charge is 0.308 e. The lowest BCUT2D eigenvalue weighted by atomic mass is 9.89. The molecule has 0 aliphatic carbocycles. The van der Waals surface area contributed by atoms with Gasteiger partial charge in [-0.1, -0.05) is 11.6 Å². The van der Waals surface area contributed by atoms with Gasteiger partial charge in [-0.25, -0.2) is 0 Å². The molecule has 1 aromatic carbocycles. The Balaban J connectivity index is 1.46. The van der Waals surface area contributed by atoms with Crippen molar-refractivity contribution in [2.24, 2.45) is 5.92 Å². The van der Waals surface area contributed by atoms with E-state index in [2.05, 4.69) is 4.90 Å². The molecule has 1 aromatic rings. The second-order valence-corrected chi connectivity index (χ2v) is 6.81. The maximum absolute atomic E-state index is 11.3. The van der Waals surface area contributed by atoms with Crippen LogP contribution in [0.5, 0.6) is 5.75 Å². The molecular formula is C16H18ClNO3. The average Bonchev–Trinajstić information content (AvgIpc) is 3.11. The second kappa shape index (κ2) is 4.89. The molecule has 0 saturated carbocycles. The number of aliphatic carboxylic acids is 1. The molecule has 4 rings (SSSR count). The molecule has 3 aliphatic rings. The Morgan fingerprint density at radius 1 is 1.43 bits per heavy atom.